The number of carbonyl (C=O) groups excluding carboxylic acids is 2. The molecule has 0 atom stereocenters. The van der Waals surface area contributed by atoms with E-state index in [0.29, 0.717) is 31.3 Å². The van der Waals surface area contributed by atoms with E-state index >= 15 is 0 Å². The number of nitrogens with one attached hydrogen (secondary N) is 1. The molecule has 28 heavy (non-hydrogen) atoms. The maximum atomic E-state index is 14.4. The fourth-order valence-electron chi connectivity index (χ4n) is 3.47. The van der Waals surface area contributed by atoms with Crippen LogP contribution < -0.4 is 14.8 Å². The van der Waals surface area contributed by atoms with Crippen LogP contribution in [0.1, 0.15) is 23.2 Å². The molecule has 0 unspecified atom stereocenters. The molecule has 7 heteroatoms. The first kappa shape index (κ1) is 18.3. The number of fused-ring (bicyclic) bond motifs is 1. The molecule has 0 radical (unpaired) electrons. The van der Waals surface area contributed by atoms with Gasteiger partial charge in [-0.05, 0) is 37.0 Å². The molecule has 0 aliphatic carbocycles. The Bertz CT molecular complexity index is 879. The van der Waals surface area contributed by atoms with Crippen molar-refractivity contribution in [2.45, 2.75) is 12.8 Å². The van der Waals surface area contributed by atoms with Gasteiger partial charge in [0.25, 0.3) is 11.8 Å². The molecule has 0 bridgehead atoms. The minimum atomic E-state index is -0.644. The number of rotatable bonds is 4. The molecule has 2 heterocycles. The summed E-state index contributed by atoms with van der Waals surface area (Å²) in [7, 11) is 0. The molecule has 2 aromatic rings. The van der Waals surface area contributed by atoms with Gasteiger partial charge in [-0.15, -0.1) is 0 Å². The number of amides is 2. The van der Waals surface area contributed by atoms with E-state index in [1.807, 2.05) is 30.3 Å². The molecular weight excluding hydrogens is 363 g/mol. The van der Waals surface area contributed by atoms with Crippen LogP contribution in [-0.4, -0.2) is 43.0 Å². The summed E-state index contributed by atoms with van der Waals surface area (Å²) in [5.41, 5.74) is 0.274. The van der Waals surface area contributed by atoms with Crippen LogP contribution in [0.2, 0.25) is 0 Å². The second-order valence-electron chi connectivity index (χ2n) is 7.02. The monoisotopic (exact) mass is 384 g/mol. The number of likely N-dealkylation sites (tertiary alicyclic amines) is 1. The Hall–Kier alpha value is -3.09. The fourth-order valence-corrected chi connectivity index (χ4v) is 3.47. The van der Waals surface area contributed by atoms with Crippen LogP contribution in [0.5, 0.6) is 11.5 Å². The van der Waals surface area contributed by atoms with Crippen LogP contribution in [0, 0.1) is 11.7 Å². The number of ether oxygens (including phenoxy) is 2. The SMILES string of the molecule is O=C1COc2cc(F)c(C(=O)N3CCC(COc4ccccc4)CC3)cc2N1. The Kier molecular flexibility index (Phi) is 5.14. The summed E-state index contributed by atoms with van der Waals surface area (Å²) in [5.74, 6) is 0.0888. The van der Waals surface area contributed by atoms with E-state index in [1.165, 1.54) is 6.07 Å². The topological polar surface area (TPSA) is 67.9 Å². The zero-order chi connectivity index (χ0) is 19.5. The first-order valence-corrected chi connectivity index (χ1v) is 9.33. The van der Waals surface area contributed by atoms with Crippen molar-refractivity contribution in [3.05, 3.63) is 53.8 Å². The van der Waals surface area contributed by atoms with Crippen LogP contribution in [0.4, 0.5) is 10.1 Å². The average Bonchev–Trinajstić information content (AvgIpc) is 2.73. The minimum Gasteiger partial charge on any atom is -0.493 e. The summed E-state index contributed by atoms with van der Waals surface area (Å²) in [4.78, 5) is 25.9. The van der Waals surface area contributed by atoms with E-state index in [2.05, 4.69) is 5.32 Å². The number of nitrogens with zero attached hydrogens (tertiary/aromatic N) is 1. The number of carbonyl (C=O) groups is 2. The zero-order valence-corrected chi connectivity index (χ0v) is 15.3. The van der Waals surface area contributed by atoms with Gasteiger partial charge in [0.2, 0.25) is 0 Å². The average molecular weight is 384 g/mol. The van der Waals surface area contributed by atoms with E-state index in [9.17, 15) is 14.0 Å². The third-order valence-corrected chi connectivity index (χ3v) is 5.06. The molecule has 4 rings (SSSR count). The molecule has 0 saturated carbocycles. The molecule has 6 nitrogen and oxygen atoms in total. The maximum absolute atomic E-state index is 14.4. The lowest BCUT2D eigenvalue weighted by atomic mass is 9.97. The first-order valence-electron chi connectivity index (χ1n) is 9.33. The molecule has 1 fully saturated rings. The van der Waals surface area contributed by atoms with Gasteiger partial charge in [-0.25, -0.2) is 4.39 Å². The van der Waals surface area contributed by atoms with Gasteiger partial charge in [-0.1, -0.05) is 18.2 Å². The van der Waals surface area contributed by atoms with Crippen LogP contribution in [0.15, 0.2) is 42.5 Å². The van der Waals surface area contributed by atoms with Crippen molar-refractivity contribution >= 4 is 17.5 Å². The molecule has 1 N–H and O–H groups in total. The number of anilines is 1. The highest BCUT2D eigenvalue weighted by atomic mass is 19.1. The molecule has 2 aromatic carbocycles. The lowest BCUT2D eigenvalue weighted by molar-refractivity contribution is -0.118. The number of halogens is 1. The molecule has 2 aliphatic rings. The summed E-state index contributed by atoms with van der Waals surface area (Å²) in [6.45, 7) is 1.53. The number of piperidine rings is 1. The van der Waals surface area contributed by atoms with Crippen molar-refractivity contribution < 1.29 is 23.5 Å². The van der Waals surface area contributed by atoms with Crippen molar-refractivity contribution in [2.24, 2.45) is 5.92 Å². The predicted octanol–water partition coefficient (Wildman–Crippen LogP) is 3.09. The third-order valence-electron chi connectivity index (χ3n) is 5.06. The lowest BCUT2D eigenvalue weighted by Crippen LogP contribution is -2.40. The molecule has 2 amide bonds. The Labute approximate surface area is 162 Å². The van der Waals surface area contributed by atoms with Crippen LogP contribution in [0.3, 0.4) is 0 Å². The molecular formula is C21H21FN2O4. The fraction of sp³-hybridized carbons (Fsp3) is 0.333. The highest BCUT2D eigenvalue weighted by molar-refractivity contribution is 6.00. The number of benzene rings is 2. The van der Waals surface area contributed by atoms with Gasteiger partial charge in [0.15, 0.2) is 6.61 Å². The number of hydrogen-bond acceptors (Lipinski definition) is 4. The molecule has 0 spiro atoms. The van der Waals surface area contributed by atoms with Gasteiger partial charge < -0.3 is 19.7 Å². The Morgan fingerprint density at radius 3 is 2.71 bits per heavy atom. The van der Waals surface area contributed by atoms with Gasteiger partial charge in [-0.3, -0.25) is 9.59 Å². The standard InChI is InChI=1S/C21H21FN2O4/c22-17-11-19-18(23-20(25)13-28-19)10-16(17)21(26)24-8-6-14(7-9-24)12-27-15-4-2-1-3-5-15/h1-5,10-11,14H,6-9,12-13H2,(H,23,25). The summed E-state index contributed by atoms with van der Waals surface area (Å²) in [6.07, 6.45) is 1.59. The highest BCUT2D eigenvalue weighted by Gasteiger charge is 2.28. The lowest BCUT2D eigenvalue weighted by Gasteiger charge is -2.32. The van der Waals surface area contributed by atoms with E-state index in [-0.39, 0.29) is 29.7 Å². The van der Waals surface area contributed by atoms with Crippen molar-refractivity contribution in [1.82, 2.24) is 4.90 Å². The zero-order valence-electron chi connectivity index (χ0n) is 15.3. The van der Waals surface area contributed by atoms with E-state index in [1.54, 1.807) is 4.90 Å². The minimum absolute atomic E-state index is 0.0523. The molecule has 0 aromatic heterocycles. The number of para-hydroxylation sites is 1. The van der Waals surface area contributed by atoms with Gasteiger partial charge in [0.1, 0.15) is 17.3 Å². The second kappa shape index (κ2) is 7.88. The summed E-state index contributed by atoms with van der Waals surface area (Å²) in [6, 6.07) is 12.1. The predicted molar refractivity (Wildman–Crippen MR) is 101 cm³/mol. The third kappa shape index (κ3) is 3.93. The van der Waals surface area contributed by atoms with Gasteiger partial charge >= 0.3 is 0 Å². The van der Waals surface area contributed by atoms with Crippen molar-refractivity contribution in [3.63, 3.8) is 0 Å². The van der Waals surface area contributed by atoms with E-state index in [0.717, 1.165) is 24.7 Å². The van der Waals surface area contributed by atoms with Crippen LogP contribution >= 0.6 is 0 Å². The van der Waals surface area contributed by atoms with Crippen molar-refractivity contribution in [2.75, 3.05) is 31.6 Å². The van der Waals surface area contributed by atoms with E-state index < -0.39 is 5.82 Å². The first-order chi connectivity index (χ1) is 13.6. The Balaban J connectivity index is 1.36. The van der Waals surface area contributed by atoms with E-state index in [4.69, 9.17) is 9.47 Å². The quantitative estimate of drug-likeness (QED) is 0.880. The van der Waals surface area contributed by atoms with Gasteiger partial charge in [0, 0.05) is 19.2 Å². The smallest absolute Gasteiger partial charge is 0.262 e. The van der Waals surface area contributed by atoms with Gasteiger partial charge in [-0.2, -0.15) is 0 Å². The van der Waals surface area contributed by atoms with Gasteiger partial charge in [0.05, 0.1) is 17.9 Å². The van der Waals surface area contributed by atoms with Crippen molar-refractivity contribution in [1.29, 1.82) is 0 Å². The molecule has 2 aliphatic heterocycles. The Morgan fingerprint density at radius 2 is 1.96 bits per heavy atom. The van der Waals surface area contributed by atoms with Crippen LogP contribution in [-0.2, 0) is 4.79 Å². The molecule has 1 saturated heterocycles. The largest absolute Gasteiger partial charge is 0.493 e. The Morgan fingerprint density at radius 1 is 1.21 bits per heavy atom. The summed E-state index contributed by atoms with van der Waals surface area (Å²) < 4.78 is 25.4. The number of hydrogen-bond donors (Lipinski definition) is 1. The normalized spacial score (nSPS) is 16.8. The summed E-state index contributed by atoms with van der Waals surface area (Å²) in [5, 5.41) is 2.61. The molecule has 146 valence electrons. The second-order valence-corrected chi connectivity index (χ2v) is 7.02. The van der Waals surface area contributed by atoms with Crippen LogP contribution in [0.25, 0.3) is 0 Å². The summed E-state index contributed by atoms with van der Waals surface area (Å²) >= 11 is 0. The maximum Gasteiger partial charge on any atom is 0.262 e. The highest BCUT2D eigenvalue weighted by Crippen LogP contribution is 2.31. The van der Waals surface area contributed by atoms with Crippen molar-refractivity contribution in [3.8, 4) is 11.5 Å².